The number of nitrogens with one attached hydrogen (secondary N) is 1. The number of hydrogen-bond donors (Lipinski definition) is 1. The van der Waals surface area contributed by atoms with E-state index in [0.717, 1.165) is 25.1 Å². The minimum Gasteiger partial charge on any atom is -0.492 e. The fraction of sp³-hybridized carbons (Fsp3) is 0.562. The zero-order valence-corrected chi connectivity index (χ0v) is 12.6. The molecule has 1 aromatic rings. The Morgan fingerprint density at radius 1 is 1.40 bits per heavy atom. The largest absolute Gasteiger partial charge is 0.492 e. The Balaban J connectivity index is 1.78. The summed E-state index contributed by atoms with van der Waals surface area (Å²) in [5, 5.41) is 3.30. The highest BCUT2D eigenvalue weighted by atomic mass is 16.5. The molecule has 1 amide bonds. The van der Waals surface area contributed by atoms with E-state index < -0.39 is 5.54 Å². The van der Waals surface area contributed by atoms with Crippen molar-refractivity contribution in [2.45, 2.75) is 32.2 Å². The Kier molecular flexibility index (Phi) is 4.65. The van der Waals surface area contributed by atoms with E-state index >= 15 is 0 Å². The Morgan fingerprint density at radius 2 is 2.10 bits per heavy atom. The first-order valence-electron chi connectivity index (χ1n) is 7.21. The van der Waals surface area contributed by atoms with Crippen molar-refractivity contribution in [3.63, 3.8) is 0 Å². The van der Waals surface area contributed by atoms with Crippen molar-refractivity contribution in [2.24, 2.45) is 0 Å². The average molecular weight is 276 g/mol. The molecule has 0 aromatic heterocycles. The first kappa shape index (κ1) is 14.9. The fourth-order valence-corrected chi connectivity index (χ4v) is 2.53. The Labute approximate surface area is 121 Å². The molecular formula is C16H24N2O2. The van der Waals surface area contributed by atoms with Crippen molar-refractivity contribution in [3.8, 4) is 5.75 Å². The Morgan fingerprint density at radius 3 is 2.70 bits per heavy atom. The molecule has 4 heteroatoms. The Bertz CT molecular complexity index is 450. The molecule has 0 spiro atoms. The molecule has 1 saturated heterocycles. The van der Waals surface area contributed by atoms with Crippen molar-refractivity contribution in [1.82, 2.24) is 10.2 Å². The van der Waals surface area contributed by atoms with E-state index in [1.807, 2.05) is 45.2 Å². The minimum absolute atomic E-state index is 0.155. The van der Waals surface area contributed by atoms with Gasteiger partial charge in [0, 0.05) is 7.05 Å². The smallest absolute Gasteiger partial charge is 0.242 e. The van der Waals surface area contributed by atoms with Crippen LogP contribution >= 0.6 is 0 Å². The number of nitrogens with zero attached hydrogens (tertiary/aromatic N) is 1. The number of carbonyl (C=O) groups excluding carboxylic acids is 1. The summed E-state index contributed by atoms with van der Waals surface area (Å²) in [5.41, 5.74) is 0.823. The minimum atomic E-state index is -0.390. The maximum absolute atomic E-state index is 12.4. The van der Waals surface area contributed by atoms with E-state index in [4.69, 9.17) is 4.74 Å². The summed E-state index contributed by atoms with van der Waals surface area (Å²) in [6, 6.07) is 7.95. The molecule has 20 heavy (non-hydrogen) atoms. The molecule has 1 N–H and O–H groups in total. The third kappa shape index (κ3) is 3.51. The fourth-order valence-electron chi connectivity index (χ4n) is 2.53. The van der Waals surface area contributed by atoms with Gasteiger partial charge in [-0.3, -0.25) is 4.79 Å². The molecule has 1 fully saturated rings. The first-order chi connectivity index (χ1) is 9.51. The normalized spacial score (nSPS) is 21.8. The quantitative estimate of drug-likeness (QED) is 0.894. The van der Waals surface area contributed by atoms with Gasteiger partial charge in [0.2, 0.25) is 5.91 Å². The maximum Gasteiger partial charge on any atom is 0.242 e. The van der Waals surface area contributed by atoms with Crippen LogP contribution in [0.3, 0.4) is 0 Å². The van der Waals surface area contributed by atoms with Crippen molar-refractivity contribution < 1.29 is 9.53 Å². The number of aryl methyl sites for hydroxylation is 1. The molecule has 2 rings (SSSR count). The number of amides is 1. The third-order valence-corrected chi connectivity index (χ3v) is 3.90. The lowest BCUT2D eigenvalue weighted by atomic mass is 9.99. The number of hydrogen-bond acceptors (Lipinski definition) is 3. The highest BCUT2D eigenvalue weighted by Gasteiger charge is 2.37. The predicted octanol–water partition coefficient (Wildman–Crippen LogP) is 1.97. The topological polar surface area (TPSA) is 41.6 Å². The number of carbonyl (C=O) groups is 1. The average Bonchev–Trinajstić information content (AvgIpc) is 2.88. The van der Waals surface area contributed by atoms with Crippen molar-refractivity contribution >= 4 is 5.91 Å². The van der Waals surface area contributed by atoms with Crippen molar-refractivity contribution in [3.05, 3.63) is 29.8 Å². The van der Waals surface area contributed by atoms with E-state index in [1.165, 1.54) is 5.56 Å². The molecule has 110 valence electrons. The molecule has 1 aliphatic heterocycles. The van der Waals surface area contributed by atoms with Crippen LogP contribution in [0.15, 0.2) is 24.3 Å². The van der Waals surface area contributed by atoms with Gasteiger partial charge in [-0.2, -0.15) is 0 Å². The summed E-state index contributed by atoms with van der Waals surface area (Å²) in [7, 11) is 1.84. The van der Waals surface area contributed by atoms with Crippen LogP contribution in [0.2, 0.25) is 0 Å². The molecule has 1 aromatic carbocycles. The van der Waals surface area contributed by atoms with Gasteiger partial charge in [0.1, 0.15) is 12.4 Å². The van der Waals surface area contributed by atoms with Crippen LogP contribution in [0, 0.1) is 6.92 Å². The van der Waals surface area contributed by atoms with E-state index in [2.05, 4.69) is 5.32 Å². The van der Waals surface area contributed by atoms with Crippen molar-refractivity contribution in [2.75, 3.05) is 26.7 Å². The second-order valence-electron chi connectivity index (χ2n) is 5.75. The van der Waals surface area contributed by atoms with Gasteiger partial charge in [-0.25, -0.2) is 0 Å². The molecule has 1 heterocycles. The number of rotatable bonds is 5. The van der Waals surface area contributed by atoms with Gasteiger partial charge in [0.05, 0.1) is 12.1 Å². The Hall–Kier alpha value is -1.55. The molecule has 0 aliphatic carbocycles. The SMILES string of the molecule is Cc1ccc(OCCN(C)C(=O)C2(C)CCCN2)cc1. The second-order valence-corrected chi connectivity index (χ2v) is 5.75. The summed E-state index contributed by atoms with van der Waals surface area (Å²) in [6.07, 6.45) is 1.98. The summed E-state index contributed by atoms with van der Waals surface area (Å²) >= 11 is 0. The van der Waals surface area contributed by atoms with Gasteiger partial charge < -0.3 is 15.0 Å². The van der Waals surface area contributed by atoms with Crippen LogP contribution in [-0.2, 0) is 4.79 Å². The lowest BCUT2D eigenvalue weighted by Gasteiger charge is -2.29. The molecule has 1 unspecified atom stereocenters. The monoisotopic (exact) mass is 276 g/mol. The van der Waals surface area contributed by atoms with Crippen LogP contribution in [0.1, 0.15) is 25.3 Å². The van der Waals surface area contributed by atoms with E-state index in [-0.39, 0.29) is 5.91 Å². The lowest BCUT2D eigenvalue weighted by molar-refractivity contribution is -0.136. The molecular weight excluding hydrogens is 252 g/mol. The highest BCUT2D eigenvalue weighted by molar-refractivity contribution is 5.86. The second kappa shape index (κ2) is 6.27. The number of benzene rings is 1. The van der Waals surface area contributed by atoms with Gasteiger partial charge in [-0.15, -0.1) is 0 Å². The van der Waals surface area contributed by atoms with Gasteiger partial charge >= 0.3 is 0 Å². The third-order valence-electron chi connectivity index (χ3n) is 3.90. The van der Waals surface area contributed by atoms with Gasteiger partial charge in [-0.1, -0.05) is 17.7 Å². The first-order valence-corrected chi connectivity index (χ1v) is 7.21. The molecule has 1 aliphatic rings. The zero-order valence-electron chi connectivity index (χ0n) is 12.6. The molecule has 1 atom stereocenters. The van der Waals surface area contributed by atoms with Crippen LogP contribution in [0.4, 0.5) is 0 Å². The maximum atomic E-state index is 12.4. The summed E-state index contributed by atoms with van der Waals surface area (Å²) in [5.74, 6) is 1.00. The molecule has 0 bridgehead atoms. The van der Waals surface area contributed by atoms with Gasteiger partial charge in [-0.05, 0) is 45.4 Å². The standard InChI is InChI=1S/C16H24N2O2/c1-13-5-7-14(8-6-13)20-12-11-18(3)15(19)16(2)9-4-10-17-16/h5-8,17H,4,9-12H2,1-3H3. The van der Waals surface area contributed by atoms with Crippen LogP contribution < -0.4 is 10.1 Å². The van der Waals surface area contributed by atoms with Crippen LogP contribution in [0.25, 0.3) is 0 Å². The zero-order chi connectivity index (χ0) is 14.6. The summed E-state index contributed by atoms with van der Waals surface area (Å²) in [6.45, 7) is 6.08. The van der Waals surface area contributed by atoms with E-state index in [0.29, 0.717) is 13.2 Å². The number of ether oxygens (including phenoxy) is 1. The molecule has 0 saturated carbocycles. The summed E-state index contributed by atoms with van der Waals surface area (Å²) < 4.78 is 5.66. The highest BCUT2D eigenvalue weighted by Crippen LogP contribution is 2.20. The van der Waals surface area contributed by atoms with Gasteiger partial charge in [0.25, 0.3) is 0 Å². The van der Waals surface area contributed by atoms with Crippen LogP contribution in [0.5, 0.6) is 5.75 Å². The summed E-state index contributed by atoms with van der Waals surface area (Å²) in [4.78, 5) is 14.1. The van der Waals surface area contributed by atoms with Crippen LogP contribution in [-0.4, -0.2) is 43.1 Å². The van der Waals surface area contributed by atoms with E-state index in [1.54, 1.807) is 4.90 Å². The molecule has 0 radical (unpaired) electrons. The van der Waals surface area contributed by atoms with Crippen molar-refractivity contribution in [1.29, 1.82) is 0 Å². The van der Waals surface area contributed by atoms with Gasteiger partial charge in [0.15, 0.2) is 0 Å². The van der Waals surface area contributed by atoms with E-state index in [9.17, 15) is 4.79 Å². The lowest BCUT2D eigenvalue weighted by Crippen LogP contribution is -2.52. The number of likely N-dealkylation sites (N-methyl/N-ethyl adjacent to an activating group) is 1. The predicted molar refractivity (Wildman–Crippen MR) is 80.0 cm³/mol. The molecule has 4 nitrogen and oxygen atoms in total.